The fourth-order valence-corrected chi connectivity index (χ4v) is 3.12. The molecule has 2 aromatic rings. The van der Waals surface area contributed by atoms with Crippen molar-refractivity contribution in [2.75, 3.05) is 20.3 Å². The first-order valence-electron chi connectivity index (χ1n) is 8.24. The molecule has 9 heteroatoms. The normalized spacial score (nSPS) is 14.6. The Morgan fingerprint density at radius 2 is 2.14 bits per heavy atom. The third kappa shape index (κ3) is 4.53. The van der Waals surface area contributed by atoms with Gasteiger partial charge in [0.05, 0.1) is 23.6 Å². The number of rotatable bonds is 7. The van der Waals surface area contributed by atoms with Gasteiger partial charge < -0.3 is 23.4 Å². The third-order valence-electron chi connectivity index (χ3n) is 3.55. The second-order valence-electron chi connectivity index (χ2n) is 5.44. The summed E-state index contributed by atoms with van der Waals surface area (Å²) in [5.41, 5.74) is 0.794. The summed E-state index contributed by atoms with van der Waals surface area (Å²) in [5.74, 6) is 0.255. The summed E-state index contributed by atoms with van der Waals surface area (Å²) in [7, 11) is 1.29. The van der Waals surface area contributed by atoms with E-state index in [9.17, 15) is 9.59 Å². The Hall–Kier alpha value is -2.82. The van der Waals surface area contributed by atoms with Crippen LogP contribution in [0.5, 0.6) is 11.5 Å². The first-order valence-corrected chi connectivity index (χ1v) is 9.32. The second kappa shape index (κ2) is 8.91. The van der Waals surface area contributed by atoms with E-state index in [1.807, 2.05) is 6.92 Å². The topological polar surface area (TPSA) is 96.6 Å². The Morgan fingerprint density at radius 3 is 2.82 bits per heavy atom. The first kappa shape index (κ1) is 19.9. The number of cyclic esters (lactones) is 1. The van der Waals surface area contributed by atoms with E-state index in [0.717, 1.165) is 0 Å². The molecule has 0 atom stereocenters. The average Bonchev–Trinajstić information content (AvgIpc) is 3.31. The van der Waals surface area contributed by atoms with E-state index in [2.05, 4.69) is 32.3 Å². The van der Waals surface area contributed by atoms with Gasteiger partial charge in [-0.15, -0.1) is 0 Å². The number of esters is 2. The van der Waals surface area contributed by atoms with Gasteiger partial charge in [0.25, 0.3) is 5.90 Å². The van der Waals surface area contributed by atoms with Crippen LogP contribution < -0.4 is 9.47 Å². The number of aliphatic imine (C=N–C) groups is 1. The molecule has 0 bridgehead atoms. The zero-order valence-corrected chi connectivity index (χ0v) is 17.2. The summed E-state index contributed by atoms with van der Waals surface area (Å²) in [4.78, 5) is 27.6. The Labute approximate surface area is 174 Å². The van der Waals surface area contributed by atoms with Crippen molar-refractivity contribution in [1.82, 2.24) is 0 Å². The maximum atomic E-state index is 12.1. The van der Waals surface area contributed by atoms with Gasteiger partial charge in [-0.3, -0.25) is 0 Å². The van der Waals surface area contributed by atoms with Gasteiger partial charge in [0, 0.05) is 0 Å². The van der Waals surface area contributed by atoms with Gasteiger partial charge in [-0.2, -0.15) is 0 Å². The van der Waals surface area contributed by atoms with E-state index in [1.54, 1.807) is 30.3 Å². The fourth-order valence-electron chi connectivity index (χ4n) is 2.34. The highest BCUT2D eigenvalue weighted by Gasteiger charge is 2.26. The molecule has 0 unspecified atom stereocenters. The van der Waals surface area contributed by atoms with Gasteiger partial charge >= 0.3 is 11.9 Å². The second-order valence-corrected chi connectivity index (χ2v) is 6.60. The largest absolute Gasteiger partial charge is 0.490 e. The molecule has 3 rings (SSSR count). The predicted molar refractivity (Wildman–Crippen MR) is 107 cm³/mol. The number of benzene rings is 1. The van der Waals surface area contributed by atoms with E-state index < -0.39 is 11.9 Å². The monoisotopic (exact) mass is 497 g/mol. The molecule has 146 valence electrons. The van der Waals surface area contributed by atoms with Crippen LogP contribution >= 0.6 is 22.6 Å². The van der Waals surface area contributed by atoms with E-state index in [1.165, 1.54) is 13.4 Å². The van der Waals surface area contributed by atoms with Crippen LogP contribution in [0.1, 0.15) is 18.2 Å². The summed E-state index contributed by atoms with van der Waals surface area (Å²) >= 11 is 2.06. The molecule has 0 N–H and O–H groups in total. The molecule has 0 saturated heterocycles. The van der Waals surface area contributed by atoms with Gasteiger partial charge in [-0.1, -0.05) is 0 Å². The van der Waals surface area contributed by atoms with Crippen molar-refractivity contribution in [3.8, 4) is 11.5 Å². The van der Waals surface area contributed by atoms with Gasteiger partial charge in [-0.05, 0) is 65.4 Å². The van der Waals surface area contributed by atoms with Crippen LogP contribution in [-0.4, -0.2) is 38.2 Å². The number of hydrogen-bond donors (Lipinski definition) is 0. The van der Waals surface area contributed by atoms with Crippen molar-refractivity contribution in [2.45, 2.75) is 6.92 Å². The number of carbonyl (C=O) groups is 2. The molecular weight excluding hydrogens is 481 g/mol. The molecule has 0 spiro atoms. The maximum Gasteiger partial charge on any atom is 0.363 e. The lowest BCUT2D eigenvalue weighted by Gasteiger charge is -2.14. The molecule has 1 aromatic carbocycles. The molecule has 0 fully saturated rings. The lowest BCUT2D eigenvalue weighted by atomic mass is 10.1. The molecule has 0 radical (unpaired) electrons. The zero-order chi connectivity index (χ0) is 20.1. The molecule has 28 heavy (non-hydrogen) atoms. The zero-order valence-electron chi connectivity index (χ0n) is 15.1. The van der Waals surface area contributed by atoms with Crippen LogP contribution in [0.3, 0.4) is 0 Å². The number of hydrogen-bond acceptors (Lipinski definition) is 8. The van der Waals surface area contributed by atoms with Crippen LogP contribution in [0.15, 0.2) is 45.6 Å². The van der Waals surface area contributed by atoms with Crippen molar-refractivity contribution in [1.29, 1.82) is 0 Å². The Bertz CT molecular complexity index is 947. The van der Waals surface area contributed by atoms with E-state index in [0.29, 0.717) is 33.0 Å². The summed E-state index contributed by atoms with van der Waals surface area (Å²) in [6.45, 7) is 1.99. The van der Waals surface area contributed by atoms with E-state index >= 15 is 0 Å². The van der Waals surface area contributed by atoms with Crippen molar-refractivity contribution in [2.24, 2.45) is 4.99 Å². The van der Waals surface area contributed by atoms with Crippen molar-refractivity contribution >= 4 is 46.5 Å². The minimum absolute atomic E-state index is 0.110. The highest BCUT2D eigenvalue weighted by molar-refractivity contribution is 14.1. The third-order valence-corrected chi connectivity index (χ3v) is 4.35. The Balaban J connectivity index is 1.91. The maximum absolute atomic E-state index is 12.1. The van der Waals surface area contributed by atoms with E-state index in [4.69, 9.17) is 18.6 Å². The molecule has 8 nitrogen and oxygen atoms in total. The minimum Gasteiger partial charge on any atom is -0.490 e. The Kier molecular flexibility index (Phi) is 6.34. The quantitative estimate of drug-likeness (QED) is 0.330. The van der Waals surface area contributed by atoms with Crippen LogP contribution in [0, 0.1) is 3.57 Å². The van der Waals surface area contributed by atoms with Crippen molar-refractivity contribution in [3.05, 3.63) is 51.1 Å². The smallest absolute Gasteiger partial charge is 0.363 e. The van der Waals surface area contributed by atoms with Gasteiger partial charge in [0.1, 0.15) is 0 Å². The van der Waals surface area contributed by atoms with Gasteiger partial charge in [0.2, 0.25) is 0 Å². The molecule has 0 amide bonds. The molecular formula is C19H16INO7. The number of carbonyl (C=O) groups excluding carboxylic acids is 2. The van der Waals surface area contributed by atoms with Crippen molar-refractivity contribution < 1.29 is 33.0 Å². The van der Waals surface area contributed by atoms with E-state index in [-0.39, 0.29) is 18.2 Å². The van der Waals surface area contributed by atoms with Gasteiger partial charge in [-0.25, -0.2) is 14.6 Å². The van der Waals surface area contributed by atoms with Gasteiger partial charge in [0.15, 0.2) is 29.6 Å². The molecule has 1 aliphatic rings. The summed E-state index contributed by atoms with van der Waals surface area (Å²) < 4.78 is 26.8. The van der Waals surface area contributed by atoms with Crippen LogP contribution in [0.4, 0.5) is 0 Å². The first-order chi connectivity index (χ1) is 13.5. The highest BCUT2D eigenvalue weighted by atomic mass is 127. The standard InChI is InChI=1S/C19H16INO7/c1-3-25-15-9-11(7-12(20)17(15)27-10-16(22)24-2)8-13-19(23)28-18(21-13)14-5-4-6-26-14/h4-9H,3,10H2,1-2H3. The molecule has 1 aliphatic heterocycles. The molecule has 0 aliphatic carbocycles. The van der Waals surface area contributed by atoms with Crippen LogP contribution in [-0.2, 0) is 19.1 Å². The minimum atomic E-state index is -0.578. The fraction of sp³-hybridized carbons (Fsp3) is 0.211. The summed E-state index contributed by atoms with van der Waals surface area (Å²) in [5, 5.41) is 0. The number of ether oxygens (including phenoxy) is 4. The number of methoxy groups -OCH3 is 1. The van der Waals surface area contributed by atoms with Crippen LogP contribution in [0.2, 0.25) is 0 Å². The average molecular weight is 497 g/mol. The number of halogens is 1. The molecule has 2 heterocycles. The lowest BCUT2D eigenvalue weighted by molar-refractivity contribution is -0.143. The summed E-state index contributed by atoms with van der Waals surface area (Å²) in [6.07, 6.45) is 3.05. The van der Waals surface area contributed by atoms with Crippen LogP contribution in [0.25, 0.3) is 6.08 Å². The number of nitrogens with zero attached hydrogens (tertiary/aromatic N) is 1. The number of furan rings is 1. The molecule has 0 saturated carbocycles. The predicted octanol–water partition coefficient (Wildman–Crippen LogP) is 3.18. The molecule has 1 aromatic heterocycles. The lowest BCUT2D eigenvalue weighted by Crippen LogP contribution is -2.14. The van der Waals surface area contributed by atoms with Crippen molar-refractivity contribution in [3.63, 3.8) is 0 Å². The Morgan fingerprint density at radius 1 is 1.32 bits per heavy atom. The SMILES string of the molecule is CCOc1cc(C=C2N=C(c3ccco3)OC2=O)cc(I)c1OCC(=O)OC. The summed E-state index contributed by atoms with van der Waals surface area (Å²) in [6, 6.07) is 6.80. The highest BCUT2D eigenvalue weighted by Crippen LogP contribution is 2.35.